The molecular formula is C22H28N2O3. The predicted octanol–water partition coefficient (Wildman–Crippen LogP) is 3.96. The average Bonchev–Trinajstić information content (AvgIpc) is 2.69. The van der Waals surface area contributed by atoms with Gasteiger partial charge in [-0.15, -0.1) is 0 Å². The van der Waals surface area contributed by atoms with Gasteiger partial charge in [-0.3, -0.25) is 4.79 Å². The molecule has 5 nitrogen and oxygen atoms in total. The van der Waals surface area contributed by atoms with Crippen LogP contribution in [0.25, 0.3) is 6.08 Å². The molecule has 0 heterocycles. The Morgan fingerprint density at radius 2 is 1.89 bits per heavy atom. The van der Waals surface area contributed by atoms with Crippen LogP contribution in [0.3, 0.4) is 0 Å². The van der Waals surface area contributed by atoms with Crippen LogP contribution < -0.4 is 14.8 Å². The van der Waals surface area contributed by atoms with Gasteiger partial charge in [0.25, 0.3) is 0 Å². The monoisotopic (exact) mass is 368 g/mol. The fourth-order valence-electron chi connectivity index (χ4n) is 2.68. The quantitative estimate of drug-likeness (QED) is 0.391. The van der Waals surface area contributed by atoms with E-state index >= 15 is 0 Å². The van der Waals surface area contributed by atoms with E-state index in [0.717, 1.165) is 30.8 Å². The van der Waals surface area contributed by atoms with Crippen LogP contribution in [0, 0.1) is 0 Å². The zero-order chi connectivity index (χ0) is 19.6. The molecule has 0 saturated carbocycles. The molecular weight excluding hydrogens is 340 g/mol. The van der Waals surface area contributed by atoms with Crippen molar-refractivity contribution in [1.82, 2.24) is 4.90 Å². The zero-order valence-electron chi connectivity index (χ0n) is 16.5. The molecule has 0 bridgehead atoms. The summed E-state index contributed by atoms with van der Waals surface area (Å²) >= 11 is 0. The molecule has 27 heavy (non-hydrogen) atoms. The summed E-state index contributed by atoms with van der Waals surface area (Å²) in [5.41, 5.74) is 2.33. The minimum Gasteiger partial charge on any atom is -0.497 e. The van der Waals surface area contributed by atoms with Crippen molar-refractivity contribution < 1.29 is 14.3 Å². The summed E-state index contributed by atoms with van der Waals surface area (Å²) < 4.78 is 10.6. The Bertz CT molecular complexity index is 785. The topological polar surface area (TPSA) is 50.8 Å². The van der Waals surface area contributed by atoms with E-state index in [9.17, 15) is 4.79 Å². The van der Waals surface area contributed by atoms with E-state index in [1.54, 1.807) is 32.4 Å². The SMILES string of the molecule is COc1ccc(C=CC(=O)c2ccccc2NCCCN(C)C)c(OC)c1. The number of allylic oxidation sites excluding steroid dienone is 1. The number of nitrogens with one attached hydrogen (secondary N) is 1. The van der Waals surface area contributed by atoms with Crippen LogP contribution in [0.4, 0.5) is 5.69 Å². The molecule has 0 radical (unpaired) electrons. The van der Waals surface area contributed by atoms with Crippen LogP contribution in [0.1, 0.15) is 22.3 Å². The lowest BCUT2D eigenvalue weighted by atomic mass is 10.1. The van der Waals surface area contributed by atoms with Crippen molar-refractivity contribution in [2.75, 3.05) is 46.7 Å². The van der Waals surface area contributed by atoms with Gasteiger partial charge in [-0.2, -0.15) is 0 Å². The molecule has 0 saturated heterocycles. The Balaban J connectivity index is 2.11. The lowest BCUT2D eigenvalue weighted by molar-refractivity contribution is 0.104. The van der Waals surface area contributed by atoms with E-state index in [1.165, 1.54) is 0 Å². The van der Waals surface area contributed by atoms with Crippen LogP contribution in [0.15, 0.2) is 48.5 Å². The molecule has 0 unspecified atom stereocenters. The first-order chi connectivity index (χ1) is 13.0. The first kappa shape index (κ1) is 20.5. The summed E-state index contributed by atoms with van der Waals surface area (Å²) in [4.78, 5) is 14.8. The maximum absolute atomic E-state index is 12.7. The van der Waals surface area contributed by atoms with Crippen molar-refractivity contribution in [3.8, 4) is 11.5 Å². The van der Waals surface area contributed by atoms with Gasteiger partial charge in [0.1, 0.15) is 11.5 Å². The van der Waals surface area contributed by atoms with E-state index in [1.807, 2.05) is 36.4 Å². The molecule has 2 aromatic carbocycles. The molecule has 0 spiro atoms. The number of para-hydroxylation sites is 1. The van der Waals surface area contributed by atoms with Gasteiger partial charge in [0.2, 0.25) is 0 Å². The number of rotatable bonds is 10. The highest BCUT2D eigenvalue weighted by Gasteiger charge is 2.09. The normalized spacial score (nSPS) is 11.0. The summed E-state index contributed by atoms with van der Waals surface area (Å²) in [5.74, 6) is 1.32. The Hall–Kier alpha value is -2.79. The molecule has 0 aliphatic heterocycles. The zero-order valence-corrected chi connectivity index (χ0v) is 16.5. The minimum absolute atomic E-state index is 0.0522. The molecule has 144 valence electrons. The molecule has 0 amide bonds. The molecule has 0 aliphatic carbocycles. The van der Waals surface area contributed by atoms with Crippen molar-refractivity contribution in [3.63, 3.8) is 0 Å². The number of ketones is 1. The van der Waals surface area contributed by atoms with E-state index in [4.69, 9.17) is 9.47 Å². The van der Waals surface area contributed by atoms with Gasteiger partial charge < -0.3 is 19.7 Å². The number of carbonyl (C=O) groups excluding carboxylic acids is 1. The molecule has 0 aromatic heterocycles. The maximum atomic E-state index is 12.7. The average molecular weight is 368 g/mol. The van der Waals surface area contributed by atoms with Gasteiger partial charge in [-0.25, -0.2) is 0 Å². The van der Waals surface area contributed by atoms with Gasteiger partial charge >= 0.3 is 0 Å². The summed E-state index contributed by atoms with van der Waals surface area (Å²) in [6.45, 7) is 1.82. The summed E-state index contributed by atoms with van der Waals surface area (Å²) in [7, 11) is 7.31. The largest absolute Gasteiger partial charge is 0.497 e. The maximum Gasteiger partial charge on any atom is 0.187 e. The van der Waals surface area contributed by atoms with E-state index in [-0.39, 0.29) is 5.78 Å². The van der Waals surface area contributed by atoms with Crippen molar-refractivity contribution in [2.24, 2.45) is 0 Å². The number of hydrogen-bond donors (Lipinski definition) is 1. The van der Waals surface area contributed by atoms with Crippen molar-refractivity contribution in [2.45, 2.75) is 6.42 Å². The van der Waals surface area contributed by atoms with E-state index in [0.29, 0.717) is 17.1 Å². The lowest BCUT2D eigenvalue weighted by Crippen LogP contribution is -2.17. The second-order valence-corrected chi connectivity index (χ2v) is 6.43. The number of methoxy groups -OCH3 is 2. The van der Waals surface area contributed by atoms with Crippen molar-refractivity contribution >= 4 is 17.5 Å². The molecule has 0 atom stereocenters. The lowest BCUT2D eigenvalue weighted by Gasteiger charge is -2.12. The van der Waals surface area contributed by atoms with Gasteiger partial charge in [0.15, 0.2) is 5.78 Å². The standard InChI is InChI=1S/C22H28N2O3/c1-24(2)15-7-14-23-20-9-6-5-8-19(20)21(25)13-11-17-10-12-18(26-3)16-22(17)27-4/h5-6,8-13,16,23H,7,14-15H2,1-4H3. The number of hydrogen-bond acceptors (Lipinski definition) is 5. The van der Waals surface area contributed by atoms with Crippen LogP contribution in [-0.2, 0) is 0 Å². The van der Waals surface area contributed by atoms with Crippen molar-refractivity contribution in [3.05, 3.63) is 59.7 Å². The highest BCUT2D eigenvalue weighted by Crippen LogP contribution is 2.26. The Kier molecular flexibility index (Phi) is 7.89. The fraction of sp³-hybridized carbons (Fsp3) is 0.318. The molecule has 2 aromatic rings. The van der Waals surface area contributed by atoms with Gasteiger partial charge in [0.05, 0.1) is 14.2 Å². The second-order valence-electron chi connectivity index (χ2n) is 6.43. The summed E-state index contributed by atoms with van der Waals surface area (Å²) in [6.07, 6.45) is 4.35. The van der Waals surface area contributed by atoms with E-state index < -0.39 is 0 Å². The van der Waals surface area contributed by atoms with Crippen LogP contribution >= 0.6 is 0 Å². The molecule has 1 N–H and O–H groups in total. The Morgan fingerprint density at radius 1 is 1.11 bits per heavy atom. The Labute approximate surface area is 161 Å². The fourth-order valence-corrected chi connectivity index (χ4v) is 2.68. The predicted molar refractivity (Wildman–Crippen MR) is 111 cm³/mol. The molecule has 0 aliphatic rings. The molecule has 5 heteroatoms. The summed E-state index contributed by atoms with van der Waals surface area (Å²) in [5, 5.41) is 3.36. The highest BCUT2D eigenvalue weighted by atomic mass is 16.5. The third-order valence-corrected chi connectivity index (χ3v) is 4.14. The number of benzene rings is 2. The Morgan fingerprint density at radius 3 is 2.59 bits per heavy atom. The first-order valence-electron chi connectivity index (χ1n) is 8.97. The number of ether oxygens (including phenoxy) is 2. The number of carbonyl (C=O) groups is 1. The smallest absolute Gasteiger partial charge is 0.187 e. The van der Waals surface area contributed by atoms with E-state index in [2.05, 4.69) is 24.3 Å². The van der Waals surface area contributed by atoms with Crippen LogP contribution in [0.2, 0.25) is 0 Å². The second kappa shape index (κ2) is 10.4. The first-order valence-corrected chi connectivity index (χ1v) is 8.97. The summed E-state index contributed by atoms with van der Waals surface area (Å²) in [6, 6.07) is 13.1. The number of anilines is 1. The minimum atomic E-state index is -0.0522. The molecule has 2 rings (SSSR count). The van der Waals surface area contributed by atoms with Crippen molar-refractivity contribution in [1.29, 1.82) is 0 Å². The third-order valence-electron chi connectivity index (χ3n) is 4.14. The number of nitrogens with zero attached hydrogens (tertiary/aromatic N) is 1. The molecule has 0 fully saturated rings. The van der Waals surface area contributed by atoms with Gasteiger partial charge in [0, 0.05) is 29.4 Å². The van der Waals surface area contributed by atoms with Crippen LogP contribution in [-0.4, -0.2) is 52.1 Å². The third kappa shape index (κ3) is 6.15. The van der Waals surface area contributed by atoms with Gasteiger partial charge in [-0.05, 0) is 63.5 Å². The van der Waals surface area contributed by atoms with Crippen LogP contribution in [0.5, 0.6) is 11.5 Å². The van der Waals surface area contributed by atoms with Gasteiger partial charge in [-0.1, -0.05) is 12.1 Å². The highest BCUT2D eigenvalue weighted by molar-refractivity contribution is 6.10.